The van der Waals surface area contributed by atoms with Crippen molar-refractivity contribution in [2.24, 2.45) is 0 Å². The van der Waals surface area contributed by atoms with Gasteiger partial charge < -0.3 is 14.8 Å². The van der Waals surface area contributed by atoms with Crippen LogP contribution in [0.4, 0.5) is 5.69 Å². The zero-order chi connectivity index (χ0) is 15.2. The highest BCUT2D eigenvalue weighted by atomic mass is 16.5. The molecule has 0 unspecified atom stereocenters. The van der Waals surface area contributed by atoms with E-state index in [9.17, 15) is 0 Å². The smallest absolute Gasteiger partial charge is 0.162 e. The van der Waals surface area contributed by atoms with E-state index in [1.54, 1.807) is 7.11 Å². The minimum Gasteiger partial charge on any atom is -0.493 e. The molecule has 0 saturated heterocycles. The fourth-order valence-electron chi connectivity index (χ4n) is 2.43. The number of rotatable bonds is 6. The lowest BCUT2D eigenvalue weighted by Gasteiger charge is -2.13. The largest absolute Gasteiger partial charge is 0.493 e. The summed E-state index contributed by atoms with van der Waals surface area (Å²) in [6, 6.07) is 12.5. The molecule has 2 aromatic rings. The van der Waals surface area contributed by atoms with Gasteiger partial charge in [0.15, 0.2) is 11.5 Å². The van der Waals surface area contributed by atoms with E-state index in [1.165, 1.54) is 16.7 Å². The van der Waals surface area contributed by atoms with Crippen LogP contribution in [0.1, 0.15) is 23.6 Å². The molecule has 21 heavy (non-hydrogen) atoms. The van der Waals surface area contributed by atoms with Crippen LogP contribution < -0.4 is 14.8 Å². The number of nitrogens with one attached hydrogen (secondary N) is 1. The van der Waals surface area contributed by atoms with Gasteiger partial charge in [0.2, 0.25) is 0 Å². The Morgan fingerprint density at radius 1 is 0.952 bits per heavy atom. The highest BCUT2D eigenvalue weighted by molar-refractivity contribution is 5.55. The van der Waals surface area contributed by atoms with Crippen molar-refractivity contribution in [2.75, 3.05) is 19.0 Å². The maximum atomic E-state index is 5.52. The summed E-state index contributed by atoms with van der Waals surface area (Å²) in [4.78, 5) is 0. The molecule has 0 fully saturated rings. The maximum absolute atomic E-state index is 5.52. The second-order valence-electron chi connectivity index (χ2n) is 5.15. The molecule has 0 bridgehead atoms. The van der Waals surface area contributed by atoms with Crippen molar-refractivity contribution in [2.45, 2.75) is 27.3 Å². The van der Waals surface area contributed by atoms with Crippen LogP contribution in [0.15, 0.2) is 36.4 Å². The Bertz CT molecular complexity index is 588. The third kappa shape index (κ3) is 4.15. The summed E-state index contributed by atoms with van der Waals surface area (Å²) in [6.07, 6.45) is 0. The van der Waals surface area contributed by atoms with Crippen molar-refractivity contribution < 1.29 is 9.47 Å². The Kier molecular flexibility index (Phi) is 5.09. The third-order valence-electron chi connectivity index (χ3n) is 3.24. The van der Waals surface area contributed by atoms with E-state index in [0.717, 1.165) is 23.7 Å². The fraction of sp³-hybridized carbons (Fsp3) is 0.333. The Morgan fingerprint density at radius 3 is 2.29 bits per heavy atom. The van der Waals surface area contributed by atoms with Crippen LogP contribution >= 0.6 is 0 Å². The van der Waals surface area contributed by atoms with Gasteiger partial charge in [-0.25, -0.2) is 0 Å². The summed E-state index contributed by atoms with van der Waals surface area (Å²) >= 11 is 0. The van der Waals surface area contributed by atoms with Crippen molar-refractivity contribution in [3.63, 3.8) is 0 Å². The first-order valence-corrected chi connectivity index (χ1v) is 7.24. The summed E-state index contributed by atoms with van der Waals surface area (Å²) in [7, 11) is 1.66. The van der Waals surface area contributed by atoms with Gasteiger partial charge in [0.1, 0.15) is 0 Å². The van der Waals surface area contributed by atoms with Crippen LogP contribution in [0.25, 0.3) is 0 Å². The minimum atomic E-state index is 0.631. The number of hydrogen-bond donors (Lipinski definition) is 1. The summed E-state index contributed by atoms with van der Waals surface area (Å²) in [5.74, 6) is 1.53. The van der Waals surface area contributed by atoms with Gasteiger partial charge in [-0.2, -0.15) is 0 Å². The minimum absolute atomic E-state index is 0.631. The lowest BCUT2D eigenvalue weighted by atomic mass is 10.1. The molecule has 0 heterocycles. The average Bonchev–Trinajstić information content (AvgIpc) is 2.45. The standard InChI is InChI=1S/C18H23NO2/c1-5-21-17-7-6-16(11-18(17)20-4)19-12-15-9-13(2)8-14(3)10-15/h6-11,19H,5,12H2,1-4H3. The summed E-state index contributed by atoms with van der Waals surface area (Å²) in [6.45, 7) is 7.63. The Hall–Kier alpha value is -2.16. The predicted octanol–water partition coefficient (Wildman–Crippen LogP) is 4.32. The Morgan fingerprint density at radius 2 is 1.67 bits per heavy atom. The van der Waals surface area contributed by atoms with Gasteiger partial charge in [0.25, 0.3) is 0 Å². The molecule has 0 atom stereocenters. The second kappa shape index (κ2) is 7.02. The SMILES string of the molecule is CCOc1ccc(NCc2cc(C)cc(C)c2)cc1OC. The molecule has 0 aromatic heterocycles. The van der Waals surface area contributed by atoms with Crippen LogP contribution in [0.3, 0.4) is 0 Å². The van der Waals surface area contributed by atoms with Gasteiger partial charge in [0, 0.05) is 18.3 Å². The monoisotopic (exact) mass is 285 g/mol. The van der Waals surface area contributed by atoms with E-state index in [-0.39, 0.29) is 0 Å². The number of benzene rings is 2. The molecule has 0 saturated carbocycles. The summed E-state index contributed by atoms with van der Waals surface area (Å²) < 4.78 is 10.9. The van der Waals surface area contributed by atoms with Crippen molar-refractivity contribution in [1.29, 1.82) is 0 Å². The van der Waals surface area contributed by atoms with Gasteiger partial charge in [-0.3, -0.25) is 0 Å². The third-order valence-corrected chi connectivity index (χ3v) is 3.24. The molecule has 2 aromatic carbocycles. The molecule has 3 heteroatoms. The topological polar surface area (TPSA) is 30.5 Å². The van der Waals surface area contributed by atoms with Crippen LogP contribution in [0, 0.1) is 13.8 Å². The first kappa shape index (κ1) is 15.2. The number of ether oxygens (including phenoxy) is 2. The van der Waals surface area contributed by atoms with E-state index in [1.807, 2.05) is 25.1 Å². The van der Waals surface area contributed by atoms with Gasteiger partial charge in [-0.15, -0.1) is 0 Å². The maximum Gasteiger partial charge on any atom is 0.162 e. The van der Waals surface area contributed by atoms with Gasteiger partial charge >= 0.3 is 0 Å². The zero-order valence-electron chi connectivity index (χ0n) is 13.2. The predicted molar refractivity (Wildman–Crippen MR) is 87.4 cm³/mol. The molecule has 112 valence electrons. The van der Waals surface area contributed by atoms with E-state index >= 15 is 0 Å². The van der Waals surface area contributed by atoms with Crippen molar-refractivity contribution in [3.05, 3.63) is 53.1 Å². The summed E-state index contributed by atoms with van der Waals surface area (Å²) in [5.41, 5.74) is 4.88. The zero-order valence-corrected chi connectivity index (χ0v) is 13.2. The fourth-order valence-corrected chi connectivity index (χ4v) is 2.43. The molecule has 0 aliphatic rings. The molecule has 0 aliphatic carbocycles. The molecule has 0 amide bonds. The first-order valence-electron chi connectivity index (χ1n) is 7.24. The van der Waals surface area contributed by atoms with Crippen LogP contribution in [0.5, 0.6) is 11.5 Å². The lowest BCUT2D eigenvalue weighted by molar-refractivity contribution is 0.311. The number of anilines is 1. The molecule has 0 aliphatic heterocycles. The van der Waals surface area contributed by atoms with Crippen LogP contribution in [-0.4, -0.2) is 13.7 Å². The summed E-state index contributed by atoms with van der Waals surface area (Å²) in [5, 5.41) is 3.42. The Labute approximate surface area is 126 Å². The quantitative estimate of drug-likeness (QED) is 0.857. The molecule has 0 spiro atoms. The van der Waals surface area contributed by atoms with E-state index < -0.39 is 0 Å². The molecule has 2 rings (SSSR count). The molecule has 1 N–H and O–H groups in total. The van der Waals surface area contributed by atoms with Crippen molar-refractivity contribution in [3.8, 4) is 11.5 Å². The van der Waals surface area contributed by atoms with E-state index in [4.69, 9.17) is 9.47 Å². The second-order valence-corrected chi connectivity index (χ2v) is 5.15. The molecule has 3 nitrogen and oxygen atoms in total. The number of methoxy groups -OCH3 is 1. The van der Waals surface area contributed by atoms with Gasteiger partial charge in [0.05, 0.1) is 13.7 Å². The molecular weight excluding hydrogens is 262 g/mol. The first-order chi connectivity index (χ1) is 10.1. The molecule has 0 radical (unpaired) electrons. The lowest BCUT2D eigenvalue weighted by Crippen LogP contribution is -2.01. The molecular formula is C18H23NO2. The van der Waals surface area contributed by atoms with Crippen molar-refractivity contribution >= 4 is 5.69 Å². The van der Waals surface area contributed by atoms with Gasteiger partial charge in [-0.1, -0.05) is 29.3 Å². The van der Waals surface area contributed by atoms with Gasteiger partial charge in [-0.05, 0) is 38.5 Å². The van der Waals surface area contributed by atoms with Crippen LogP contribution in [0.2, 0.25) is 0 Å². The number of aryl methyl sites for hydroxylation is 2. The highest BCUT2D eigenvalue weighted by Crippen LogP contribution is 2.30. The van der Waals surface area contributed by atoms with Crippen molar-refractivity contribution in [1.82, 2.24) is 0 Å². The normalized spacial score (nSPS) is 10.3. The highest BCUT2D eigenvalue weighted by Gasteiger charge is 2.05. The van der Waals surface area contributed by atoms with Crippen LogP contribution in [-0.2, 0) is 6.54 Å². The van der Waals surface area contributed by atoms with E-state index in [0.29, 0.717) is 6.61 Å². The Balaban J connectivity index is 2.09. The van der Waals surface area contributed by atoms with E-state index in [2.05, 4.69) is 37.4 Å². The average molecular weight is 285 g/mol. The number of hydrogen-bond acceptors (Lipinski definition) is 3.